The maximum absolute atomic E-state index is 12.4. The van der Waals surface area contributed by atoms with E-state index in [0.717, 1.165) is 0 Å². The second-order valence-corrected chi connectivity index (χ2v) is 7.98. The fourth-order valence-electron chi connectivity index (χ4n) is 2.67. The highest BCUT2D eigenvalue weighted by molar-refractivity contribution is 7.90. The maximum Gasteiger partial charge on any atom is 0.253 e. The maximum atomic E-state index is 12.4. The van der Waals surface area contributed by atoms with Crippen molar-refractivity contribution in [2.45, 2.75) is 24.8 Å². The lowest BCUT2D eigenvalue weighted by Gasteiger charge is -2.39. The van der Waals surface area contributed by atoms with Crippen molar-refractivity contribution in [3.05, 3.63) is 54.4 Å². The Bertz CT molecular complexity index is 784. The Kier molecular flexibility index (Phi) is 4.68. The van der Waals surface area contributed by atoms with Gasteiger partial charge in [-0.3, -0.25) is 9.48 Å². The van der Waals surface area contributed by atoms with Gasteiger partial charge in [0.05, 0.1) is 6.54 Å². The van der Waals surface area contributed by atoms with Crippen LogP contribution in [0.25, 0.3) is 0 Å². The quantitative estimate of drug-likeness (QED) is 0.833. The number of hydrogen-bond acceptors (Lipinski definition) is 4. The molecule has 128 valence electrons. The zero-order chi connectivity index (χ0) is 17.2. The van der Waals surface area contributed by atoms with Gasteiger partial charge in [-0.05, 0) is 25.1 Å². The normalized spacial score (nSPS) is 16.6. The Balaban J connectivity index is 1.53. The van der Waals surface area contributed by atoms with E-state index in [1.54, 1.807) is 59.2 Å². The second-order valence-electron chi connectivity index (χ2n) is 5.99. The molecule has 1 amide bonds. The van der Waals surface area contributed by atoms with E-state index in [0.29, 0.717) is 12.1 Å². The Labute approximate surface area is 141 Å². The van der Waals surface area contributed by atoms with Crippen molar-refractivity contribution < 1.29 is 13.2 Å². The topological polar surface area (TPSA) is 84.3 Å². The number of sulfonamides is 1. The van der Waals surface area contributed by atoms with Crippen LogP contribution in [0.4, 0.5) is 0 Å². The standard InChI is InChI=1S/C16H20N4O3S/c1-13(10-20-9-5-8-17-20)18-24(22,23)15-11-19(12-15)16(21)14-6-3-2-4-7-14/h2-9,13,15,18H,10-12H2,1H3/t13-/m0/s1. The first-order valence-corrected chi connectivity index (χ1v) is 9.33. The predicted octanol–water partition coefficient (Wildman–Crippen LogP) is 0.716. The predicted molar refractivity (Wildman–Crippen MR) is 89.9 cm³/mol. The number of likely N-dealkylation sites (tertiary alicyclic amines) is 1. The van der Waals surface area contributed by atoms with Crippen molar-refractivity contribution in [1.82, 2.24) is 19.4 Å². The van der Waals surface area contributed by atoms with Crippen molar-refractivity contribution >= 4 is 15.9 Å². The molecule has 0 spiro atoms. The van der Waals surface area contributed by atoms with Crippen LogP contribution >= 0.6 is 0 Å². The zero-order valence-corrected chi connectivity index (χ0v) is 14.2. The molecule has 1 atom stereocenters. The number of nitrogens with zero attached hydrogens (tertiary/aromatic N) is 3. The number of carbonyl (C=O) groups excluding carboxylic acids is 1. The summed E-state index contributed by atoms with van der Waals surface area (Å²) >= 11 is 0. The number of benzene rings is 1. The van der Waals surface area contributed by atoms with Crippen molar-refractivity contribution in [3.8, 4) is 0 Å². The summed E-state index contributed by atoms with van der Waals surface area (Å²) in [5, 5.41) is 3.50. The molecule has 0 aliphatic carbocycles. The molecular formula is C16H20N4O3S. The number of nitrogens with one attached hydrogen (secondary N) is 1. The molecule has 2 heterocycles. The Morgan fingerprint density at radius 2 is 2.00 bits per heavy atom. The van der Waals surface area contributed by atoms with Gasteiger partial charge in [0.2, 0.25) is 10.0 Å². The number of hydrogen-bond donors (Lipinski definition) is 1. The summed E-state index contributed by atoms with van der Waals surface area (Å²) in [6.07, 6.45) is 3.44. The Hall–Kier alpha value is -2.19. The fourth-order valence-corrected chi connectivity index (χ4v) is 4.25. The second kappa shape index (κ2) is 6.74. The van der Waals surface area contributed by atoms with E-state index < -0.39 is 15.3 Å². The molecular weight excluding hydrogens is 328 g/mol. The van der Waals surface area contributed by atoms with Crippen molar-refractivity contribution in [1.29, 1.82) is 0 Å². The van der Waals surface area contributed by atoms with Gasteiger partial charge in [-0.25, -0.2) is 13.1 Å². The molecule has 0 radical (unpaired) electrons. The van der Waals surface area contributed by atoms with Crippen LogP contribution in [-0.2, 0) is 16.6 Å². The van der Waals surface area contributed by atoms with Crippen LogP contribution in [0.15, 0.2) is 48.8 Å². The van der Waals surface area contributed by atoms with Gasteiger partial charge in [-0.2, -0.15) is 5.10 Å². The first kappa shape index (κ1) is 16.7. The largest absolute Gasteiger partial charge is 0.336 e. The molecule has 2 aromatic rings. The van der Waals surface area contributed by atoms with Gasteiger partial charge in [0.1, 0.15) is 5.25 Å². The minimum Gasteiger partial charge on any atom is -0.336 e. The Morgan fingerprint density at radius 1 is 1.29 bits per heavy atom. The summed E-state index contributed by atoms with van der Waals surface area (Å²) in [6.45, 7) is 2.70. The number of aromatic nitrogens is 2. The van der Waals surface area contributed by atoms with E-state index >= 15 is 0 Å². The summed E-state index contributed by atoms with van der Waals surface area (Å²) in [7, 11) is -3.46. The molecule has 0 bridgehead atoms. The van der Waals surface area contributed by atoms with Crippen molar-refractivity contribution in [2.24, 2.45) is 0 Å². The third kappa shape index (κ3) is 3.65. The summed E-state index contributed by atoms with van der Waals surface area (Å²) in [5.41, 5.74) is 0.577. The van der Waals surface area contributed by atoms with E-state index in [1.165, 1.54) is 0 Å². The average molecular weight is 348 g/mol. The minimum absolute atomic E-state index is 0.133. The van der Waals surface area contributed by atoms with E-state index in [-0.39, 0.29) is 25.0 Å². The van der Waals surface area contributed by atoms with Crippen LogP contribution in [0.5, 0.6) is 0 Å². The molecule has 1 aliphatic rings. The van der Waals surface area contributed by atoms with Crippen LogP contribution in [0, 0.1) is 0 Å². The highest BCUT2D eigenvalue weighted by atomic mass is 32.2. The molecule has 8 heteroatoms. The lowest BCUT2D eigenvalue weighted by Crippen LogP contribution is -2.60. The molecule has 1 fully saturated rings. The molecule has 3 rings (SSSR count). The van der Waals surface area contributed by atoms with Crippen LogP contribution in [0.3, 0.4) is 0 Å². The SMILES string of the molecule is C[C@@H](Cn1cccn1)NS(=O)(=O)C1CN(C(=O)c2ccccc2)C1. The van der Waals surface area contributed by atoms with Gasteiger partial charge >= 0.3 is 0 Å². The molecule has 24 heavy (non-hydrogen) atoms. The zero-order valence-electron chi connectivity index (χ0n) is 13.4. The monoisotopic (exact) mass is 348 g/mol. The van der Waals surface area contributed by atoms with E-state index in [9.17, 15) is 13.2 Å². The van der Waals surface area contributed by atoms with Gasteiger partial charge in [0, 0.05) is 37.1 Å². The third-order valence-corrected chi connectivity index (χ3v) is 5.89. The van der Waals surface area contributed by atoms with Gasteiger partial charge < -0.3 is 4.90 Å². The van der Waals surface area contributed by atoms with Gasteiger partial charge in [-0.1, -0.05) is 18.2 Å². The molecule has 1 N–H and O–H groups in total. The highest BCUT2D eigenvalue weighted by Crippen LogP contribution is 2.19. The molecule has 0 saturated carbocycles. The summed E-state index contributed by atoms with van der Waals surface area (Å²) in [5.74, 6) is -0.133. The fraction of sp³-hybridized carbons (Fsp3) is 0.375. The molecule has 1 aromatic carbocycles. The summed E-state index contributed by atoms with van der Waals surface area (Å²) in [4.78, 5) is 13.8. The third-order valence-electron chi connectivity index (χ3n) is 3.98. The molecule has 1 saturated heterocycles. The van der Waals surface area contributed by atoms with Crippen molar-refractivity contribution in [2.75, 3.05) is 13.1 Å². The van der Waals surface area contributed by atoms with Crippen LogP contribution in [0.1, 0.15) is 17.3 Å². The first-order valence-electron chi connectivity index (χ1n) is 7.78. The van der Waals surface area contributed by atoms with Crippen LogP contribution < -0.4 is 4.72 Å². The number of rotatable bonds is 6. The average Bonchev–Trinajstić information content (AvgIpc) is 2.98. The Morgan fingerprint density at radius 3 is 2.62 bits per heavy atom. The smallest absolute Gasteiger partial charge is 0.253 e. The lowest BCUT2D eigenvalue weighted by atomic mass is 10.1. The van der Waals surface area contributed by atoms with Crippen LogP contribution in [-0.4, -0.2) is 53.4 Å². The summed E-state index contributed by atoms with van der Waals surface area (Å²) < 4.78 is 29.1. The first-order chi connectivity index (χ1) is 11.5. The van der Waals surface area contributed by atoms with Gasteiger partial charge in [0.15, 0.2) is 0 Å². The molecule has 7 nitrogen and oxygen atoms in total. The highest BCUT2D eigenvalue weighted by Gasteiger charge is 2.40. The minimum atomic E-state index is -3.46. The van der Waals surface area contributed by atoms with E-state index in [2.05, 4.69) is 9.82 Å². The summed E-state index contributed by atoms with van der Waals surface area (Å²) in [6, 6.07) is 10.4. The van der Waals surface area contributed by atoms with Gasteiger partial charge in [0.25, 0.3) is 5.91 Å². The molecule has 0 unspecified atom stereocenters. The lowest BCUT2D eigenvalue weighted by molar-refractivity contribution is 0.0658. The van der Waals surface area contributed by atoms with E-state index in [1.807, 2.05) is 6.07 Å². The van der Waals surface area contributed by atoms with Crippen molar-refractivity contribution in [3.63, 3.8) is 0 Å². The molecule has 1 aromatic heterocycles. The number of amides is 1. The molecule has 1 aliphatic heterocycles. The van der Waals surface area contributed by atoms with E-state index in [4.69, 9.17) is 0 Å². The number of carbonyl (C=O) groups is 1. The van der Waals surface area contributed by atoms with Crippen LogP contribution in [0.2, 0.25) is 0 Å². The van der Waals surface area contributed by atoms with Gasteiger partial charge in [-0.15, -0.1) is 0 Å².